The van der Waals surface area contributed by atoms with E-state index in [2.05, 4.69) is 5.43 Å². The molecule has 0 aliphatic carbocycles. The first-order chi connectivity index (χ1) is 16.9. The van der Waals surface area contributed by atoms with Gasteiger partial charge in [0.05, 0.1) is 16.3 Å². The molecule has 3 aromatic carbocycles. The van der Waals surface area contributed by atoms with Gasteiger partial charge in [0, 0.05) is 0 Å². The molecule has 0 atom stereocenters. The van der Waals surface area contributed by atoms with E-state index in [-0.39, 0.29) is 10.6 Å². The molecule has 1 amide bonds. The van der Waals surface area contributed by atoms with Crippen molar-refractivity contribution in [3.63, 3.8) is 0 Å². The van der Waals surface area contributed by atoms with Crippen molar-refractivity contribution in [2.75, 3.05) is 9.21 Å². The van der Waals surface area contributed by atoms with Crippen LogP contribution in [0, 0.1) is 19.7 Å². The van der Waals surface area contributed by atoms with E-state index in [0.717, 1.165) is 23.3 Å². The highest BCUT2D eigenvalue weighted by Crippen LogP contribution is 2.34. The number of aliphatic hydroxyl groups excluding tert-OH is 1. The molecule has 3 N–H and O–H groups in total. The second-order valence-corrected chi connectivity index (χ2v) is 11.2. The molecule has 0 aromatic heterocycles. The van der Waals surface area contributed by atoms with Crippen molar-refractivity contribution < 1.29 is 31.1 Å². The Morgan fingerprint density at radius 3 is 2.03 bits per heavy atom. The molecule has 10 nitrogen and oxygen atoms in total. The molecule has 4 rings (SSSR count). The zero-order valence-electron chi connectivity index (χ0n) is 19.0. The van der Waals surface area contributed by atoms with E-state index in [1.165, 1.54) is 36.4 Å². The number of nitrogens with zero attached hydrogens (tertiary/aromatic N) is 2. The van der Waals surface area contributed by atoms with Gasteiger partial charge in [-0.2, -0.15) is 12.7 Å². The zero-order chi connectivity index (χ0) is 26.3. The minimum atomic E-state index is -4.95. The number of halogens is 1. The fourth-order valence-corrected chi connectivity index (χ4v) is 5.52. The van der Waals surface area contributed by atoms with Gasteiger partial charge in [0.1, 0.15) is 5.82 Å². The molecular weight excluding hydrogens is 511 g/mol. The third kappa shape index (κ3) is 4.51. The SMILES string of the molecule is Cc1ccc(N2C(O)=C(NNS(=O)(=O)c3ccc(C)cc3)N(c3ccccc3F)C(=O)S2(=O)=O)cc1. The highest BCUT2D eigenvalue weighted by molar-refractivity contribution is 8.07. The fraction of sp³-hybridized carbons (Fsp3) is 0.0870. The predicted octanol–water partition coefficient (Wildman–Crippen LogP) is 3.39. The first kappa shape index (κ1) is 25.2. The van der Waals surface area contributed by atoms with Gasteiger partial charge in [0.15, 0.2) is 5.82 Å². The molecule has 0 radical (unpaired) electrons. The normalized spacial score (nSPS) is 15.8. The second kappa shape index (κ2) is 9.26. The van der Waals surface area contributed by atoms with E-state index in [9.17, 15) is 31.1 Å². The number of benzene rings is 3. The average molecular weight is 533 g/mol. The molecule has 0 spiro atoms. The summed E-state index contributed by atoms with van der Waals surface area (Å²) in [5.41, 5.74) is 3.17. The van der Waals surface area contributed by atoms with E-state index < -0.39 is 48.5 Å². The van der Waals surface area contributed by atoms with Gasteiger partial charge in [-0.15, -0.1) is 4.83 Å². The number of aliphatic hydroxyl groups is 1. The van der Waals surface area contributed by atoms with E-state index in [0.29, 0.717) is 9.21 Å². The largest absolute Gasteiger partial charge is 0.491 e. The van der Waals surface area contributed by atoms with E-state index in [1.54, 1.807) is 38.1 Å². The number of aryl methyl sites for hydroxylation is 2. The summed E-state index contributed by atoms with van der Waals surface area (Å²) in [6, 6.07) is 16.3. The van der Waals surface area contributed by atoms with Crippen LogP contribution >= 0.6 is 0 Å². The lowest BCUT2D eigenvalue weighted by Crippen LogP contribution is -2.55. The van der Waals surface area contributed by atoms with Gasteiger partial charge in [0.25, 0.3) is 10.0 Å². The van der Waals surface area contributed by atoms with Gasteiger partial charge in [-0.25, -0.2) is 17.7 Å². The number of anilines is 2. The summed E-state index contributed by atoms with van der Waals surface area (Å²) in [4.78, 5) is 15.4. The monoisotopic (exact) mass is 532 g/mol. The van der Waals surface area contributed by atoms with Gasteiger partial charge in [-0.1, -0.05) is 47.5 Å². The first-order valence-corrected chi connectivity index (χ1v) is 13.3. The van der Waals surface area contributed by atoms with Gasteiger partial charge < -0.3 is 5.11 Å². The lowest BCUT2D eigenvalue weighted by Gasteiger charge is -2.35. The van der Waals surface area contributed by atoms with E-state index >= 15 is 0 Å². The van der Waals surface area contributed by atoms with Crippen LogP contribution in [0.2, 0.25) is 0 Å². The average Bonchev–Trinajstić information content (AvgIpc) is 2.83. The van der Waals surface area contributed by atoms with Crippen LogP contribution in [0.25, 0.3) is 0 Å². The third-order valence-corrected chi connectivity index (χ3v) is 8.02. The smallest absolute Gasteiger partial charge is 0.370 e. The molecule has 0 saturated carbocycles. The van der Waals surface area contributed by atoms with Crippen molar-refractivity contribution >= 4 is 36.7 Å². The highest BCUT2D eigenvalue weighted by Gasteiger charge is 2.47. The Kier molecular flexibility index (Phi) is 6.47. The van der Waals surface area contributed by atoms with E-state index in [4.69, 9.17) is 0 Å². The summed E-state index contributed by atoms with van der Waals surface area (Å²) < 4.78 is 66.9. The molecule has 1 heterocycles. The second-order valence-electron chi connectivity index (χ2n) is 7.87. The molecule has 36 heavy (non-hydrogen) atoms. The van der Waals surface area contributed by atoms with Gasteiger partial charge in [-0.05, 0) is 50.2 Å². The van der Waals surface area contributed by atoms with Crippen LogP contribution in [0.1, 0.15) is 11.1 Å². The van der Waals surface area contributed by atoms with Crippen LogP contribution in [-0.2, 0) is 20.0 Å². The zero-order valence-corrected chi connectivity index (χ0v) is 20.6. The summed E-state index contributed by atoms with van der Waals surface area (Å²) in [6.45, 7) is 3.52. The number of hydrogen-bond acceptors (Lipinski definition) is 7. The minimum absolute atomic E-state index is 0.0969. The van der Waals surface area contributed by atoms with Crippen molar-refractivity contribution in [1.29, 1.82) is 0 Å². The van der Waals surface area contributed by atoms with E-state index in [1.807, 2.05) is 4.83 Å². The summed E-state index contributed by atoms with van der Waals surface area (Å²) in [6.07, 6.45) is 0. The summed E-state index contributed by atoms with van der Waals surface area (Å²) >= 11 is 0. The molecule has 0 unspecified atom stereocenters. The molecular formula is C23H21FN4O6S2. The van der Waals surface area contributed by atoms with Gasteiger partial charge in [0.2, 0.25) is 5.88 Å². The van der Waals surface area contributed by atoms with Crippen molar-refractivity contribution in [3.05, 3.63) is 101 Å². The summed E-state index contributed by atoms with van der Waals surface area (Å²) in [7, 11) is -9.20. The highest BCUT2D eigenvalue weighted by atomic mass is 32.2. The van der Waals surface area contributed by atoms with Crippen molar-refractivity contribution in [1.82, 2.24) is 10.3 Å². The summed E-state index contributed by atoms with van der Waals surface area (Å²) in [5.74, 6) is -2.78. The molecule has 0 bridgehead atoms. The Morgan fingerprint density at radius 2 is 1.44 bits per heavy atom. The maximum atomic E-state index is 14.7. The molecule has 188 valence electrons. The van der Waals surface area contributed by atoms with Gasteiger partial charge in [-0.3, -0.25) is 10.2 Å². The number of rotatable bonds is 6. The molecule has 1 aliphatic rings. The van der Waals surface area contributed by atoms with Crippen LogP contribution < -0.4 is 19.5 Å². The molecule has 13 heteroatoms. The van der Waals surface area contributed by atoms with Crippen molar-refractivity contribution in [3.8, 4) is 0 Å². The molecule has 3 aromatic rings. The van der Waals surface area contributed by atoms with Gasteiger partial charge >= 0.3 is 15.3 Å². The molecule has 0 saturated heterocycles. The van der Waals surface area contributed by atoms with Crippen LogP contribution in [0.3, 0.4) is 0 Å². The first-order valence-electron chi connectivity index (χ1n) is 10.4. The van der Waals surface area contributed by atoms with Crippen LogP contribution in [-0.4, -0.2) is 27.2 Å². The number of nitrogens with one attached hydrogen (secondary N) is 2. The number of sulfonamides is 2. The number of amides is 1. The minimum Gasteiger partial charge on any atom is -0.491 e. The lowest BCUT2D eigenvalue weighted by atomic mass is 10.2. The summed E-state index contributed by atoms with van der Waals surface area (Å²) in [5, 5.41) is 9.42. The van der Waals surface area contributed by atoms with Crippen LogP contribution in [0.15, 0.2) is 89.4 Å². The number of hydrazine groups is 1. The molecule has 1 aliphatic heterocycles. The number of hydrogen-bond donors (Lipinski definition) is 3. The maximum absolute atomic E-state index is 14.7. The van der Waals surface area contributed by atoms with Crippen molar-refractivity contribution in [2.45, 2.75) is 18.7 Å². The predicted molar refractivity (Wildman–Crippen MR) is 131 cm³/mol. The lowest BCUT2D eigenvalue weighted by molar-refractivity contribution is 0.261. The standard InChI is InChI=1S/C23H21FN4O6S2/c1-15-7-11-17(12-8-15)28-22(29)21(25-26-35(31,32)18-13-9-16(2)10-14-18)27(23(30)36(28,33)34)20-6-4-3-5-19(20)24/h3-14,25-26,29H,1-2H3. The van der Waals surface area contributed by atoms with Crippen molar-refractivity contribution in [2.24, 2.45) is 0 Å². The Balaban J connectivity index is 1.86. The Hall–Kier alpha value is -3.94. The Labute approximate surface area is 207 Å². The fourth-order valence-electron chi connectivity index (χ4n) is 3.39. The Morgan fingerprint density at radius 1 is 0.889 bits per heavy atom. The Bertz CT molecular complexity index is 1570. The van der Waals surface area contributed by atoms with Crippen LogP contribution in [0.4, 0.5) is 20.6 Å². The number of carbonyl (C=O) groups is 1. The topological polar surface area (TPSA) is 136 Å². The maximum Gasteiger partial charge on any atom is 0.370 e. The third-order valence-electron chi connectivity index (χ3n) is 5.27. The quantitative estimate of drug-likeness (QED) is 0.414. The number of para-hydroxylation sites is 1. The number of carbonyl (C=O) groups excluding carboxylic acids is 1. The molecule has 0 fully saturated rings. The van der Waals surface area contributed by atoms with Crippen LogP contribution in [0.5, 0.6) is 0 Å².